The largest absolute Gasteiger partial charge is 0.462 e. The van der Waals surface area contributed by atoms with E-state index in [-0.39, 0.29) is 40.8 Å². The first-order valence-electron chi connectivity index (χ1n) is 12.2. The fourth-order valence-corrected chi connectivity index (χ4v) is 5.37. The Morgan fingerprint density at radius 1 is 0.875 bits per heavy atom. The Kier molecular flexibility index (Phi) is 8.44. The molecular weight excluding hydrogens is 408 g/mol. The van der Waals surface area contributed by atoms with Gasteiger partial charge in [-0.3, -0.25) is 9.59 Å². The topological polar surface area (TPSA) is 88.1 Å². The predicted molar refractivity (Wildman–Crippen MR) is 124 cm³/mol. The second-order valence-electron chi connectivity index (χ2n) is 12.3. The molecule has 0 saturated carbocycles. The zero-order valence-corrected chi connectivity index (χ0v) is 21.5. The summed E-state index contributed by atoms with van der Waals surface area (Å²) < 4.78 is 11.5. The van der Waals surface area contributed by atoms with Crippen LogP contribution in [0.5, 0.6) is 0 Å². The van der Waals surface area contributed by atoms with Crippen LogP contribution in [0.15, 0.2) is 0 Å². The first-order chi connectivity index (χ1) is 14.5. The molecule has 0 bridgehead atoms. The normalized spacial score (nSPS) is 28.7. The first-order valence-corrected chi connectivity index (χ1v) is 12.2. The van der Waals surface area contributed by atoms with Gasteiger partial charge in [-0.15, -0.1) is 0 Å². The summed E-state index contributed by atoms with van der Waals surface area (Å²) in [6.07, 6.45) is 5.53. The third kappa shape index (κ3) is 7.42. The minimum atomic E-state index is -0.454. The summed E-state index contributed by atoms with van der Waals surface area (Å²) in [7, 11) is 0. The van der Waals surface area contributed by atoms with E-state index in [0.717, 1.165) is 25.7 Å². The van der Waals surface area contributed by atoms with Crippen molar-refractivity contribution in [3.05, 3.63) is 0 Å². The number of nitrogens with zero attached hydrogens (tertiary/aromatic N) is 1. The molecule has 186 valence electrons. The van der Waals surface area contributed by atoms with Gasteiger partial charge in [0, 0.05) is 42.3 Å². The van der Waals surface area contributed by atoms with E-state index >= 15 is 0 Å². The molecule has 2 N–H and O–H groups in total. The van der Waals surface area contributed by atoms with Crippen LogP contribution in [-0.2, 0) is 19.1 Å². The lowest BCUT2D eigenvalue weighted by molar-refractivity contribution is -0.223. The zero-order chi connectivity index (χ0) is 24.4. The monoisotopic (exact) mass is 454 g/mol. The second kappa shape index (κ2) is 9.98. The smallest absolute Gasteiger partial charge is 0.306 e. The molecule has 2 aliphatic heterocycles. The molecular formula is C25H46N2O5. The van der Waals surface area contributed by atoms with Crippen molar-refractivity contribution in [2.24, 2.45) is 0 Å². The van der Waals surface area contributed by atoms with Crippen molar-refractivity contribution in [3.63, 3.8) is 0 Å². The van der Waals surface area contributed by atoms with Gasteiger partial charge in [0.15, 0.2) is 0 Å². The molecule has 2 fully saturated rings. The Hall–Kier alpha value is -1.18. The summed E-state index contributed by atoms with van der Waals surface area (Å²) in [5, 5.41) is 15.5. The van der Waals surface area contributed by atoms with Crippen LogP contribution in [0, 0.1) is 0 Å². The van der Waals surface area contributed by atoms with Crippen molar-refractivity contribution in [1.29, 1.82) is 0 Å². The van der Waals surface area contributed by atoms with Crippen molar-refractivity contribution in [3.8, 4) is 0 Å². The Morgan fingerprint density at radius 2 is 1.44 bits per heavy atom. The van der Waals surface area contributed by atoms with Crippen LogP contribution < -0.4 is 5.32 Å². The maximum Gasteiger partial charge on any atom is 0.306 e. The van der Waals surface area contributed by atoms with Gasteiger partial charge in [-0.05, 0) is 81.1 Å². The Labute approximate surface area is 194 Å². The molecule has 0 aromatic carbocycles. The Morgan fingerprint density at radius 3 is 1.97 bits per heavy atom. The van der Waals surface area contributed by atoms with Gasteiger partial charge < -0.3 is 20.0 Å². The highest BCUT2D eigenvalue weighted by Crippen LogP contribution is 2.36. The van der Waals surface area contributed by atoms with E-state index < -0.39 is 5.54 Å². The number of nitrogens with one attached hydrogen (secondary N) is 1. The average molecular weight is 455 g/mol. The van der Waals surface area contributed by atoms with E-state index in [1.54, 1.807) is 0 Å². The second-order valence-corrected chi connectivity index (χ2v) is 12.3. The predicted octanol–water partition coefficient (Wildman–Crippen LogP) is 4.74. The fraction of sp³-hybridized carbons (Fsp3) is 0.920. The molecule has 32 heavy (non-hydrogen) atoms. The highest BCUT2D eigenvalue weighted by molar-refractivity contribution is 5.70. The lowest BCUT2D eigenvalue weighted by Gasteiger charge is -2.42. The molecule has 7 heteroatoms. The SMILES string of the molecule is CC1(C)CC(OC(=O)CCCCCC(=O)OC2CCC(C)(C)N(O)C(C)(C)C2)C(C)(C)N1. The summed E-state index contributed by atoms with van der Waals surface area (Å²) in [5.41, 5.74) is -1.06. The molecule has 0 aromatic heterocycles. The number of hydrogen-bond donors (Lipinski definition) is 2. The zero-order valence-electron chi connectivity index (χ0n) is 21.5. The highest BCUT2D eigenvalue weighted by Gasteiger charge is 2.46. The molecule has 2 saturated heterocycles. The van der Waals surface area contributed by atoms with Crippen molar-refractivity contribution >= 4 is 11.9 Å². The number of ether oxygens (including phenoxy) is 2. The van der Waals surface area contributed by atoms with Gasteiger partial charge in [-0.25, -0.2) is 0 Å². The van der Waals surface area contributed by atoms with Crippen molar-refractivity contribution < 1.29 is 24.3 Å². The Balaban J connectivity index is 1.66. The number of rotatable bonds is 8. The number of hydrogen-bond acceptors (Lipinski definition) is 7. The number of carbonyl (C=O) groups is 2. The molecule has 0 aromatic rings. The van der Waals surface area contributed by atoms with Crippen molar-refractivity contribution in [2.75, 3.05) is 0 Å². The lowest BCUT2D eigenvalue weighted by atomic mass is 9.95. The number of esters is 2. The van der Waals surface area contributed by atoms with Gasteiger partial charge in [-0.1, -0.05) is 6.42 Å². The van der Waals surface area contributed by atoms with Crippen LogP contribution in [-0.4, -0.2) is 56.6 Å². The first kappa shape index (κ1) is 27.1. The van der Waals surface area contributed by atoms with E-state index in [2.05, 4.69) is 33.0 Å². The summed E-state index contributed by atoms with van der Waals surface area (Å²) >= 11 is 0. The van der Waals surface area contributed by atoms with Crippen LogP contribution in [0.25, 0.3) is 0 Å². The van der Waals surface area contributed by atoms with Crippen molar-refractivity contribution in [1.82, 2.24) is 10.4 Å². The molecule has 0 amide bonds. The minimum absolute atomic E-state index is 0.0351. The van der Waals surface area contributed by atoms with E-state index in [0.29, 0.717) is 32.1 Å². The molecule has 2 rings (SSSR count). The van der Waals surface area contributed by atoms with Crippen LogP contribution in [0.1, 0.15) is 113 Å². The average Bonchev–Trinajstić information content (AvgIpc) is 2.80. The van der Waals surface area contributed by atoms with E-state index in [1.165, 1.54) is 5.06 Å². The lowest BCUT2D eigenvalue weighted by Crippen LogP contribution is -2.52. The van der Waals surface area contributed by atoms with Gasteiger partial charge in [0.1, 0.15) is 12.2 Å². The van der Waals surface area contributed by atoms with Gasteiger partial charge in [0.2, 0.25) is 0 Å². The van der Waals surface area contributed by atoms with Crippen LogP contribution in [0.2, 0.25) is 0 Å². The summed E-state index contributed by atoms with van der Waals surface area (Å²) in [5.74, 6) is -0.361. The third-order valence-electron chi connectivity index (χ3n) is 6.95. The van der Waals surface area contributed by atoms with Gasteiger partial charge >= 0.3 is 11.9 Å². The molecule has 0 aliphatic carbocycles. The van der Waals surface area contributed by atoms with Gasteiger partial charge in [0.25, 0.3) is 0 Å². The molecule has 2 heterocycles. The van der Waals surface area contributed by atoms with E-state index in [9.17, 15) is 14.8 Å². The Bertz CT molecular complexity index is 671. The van der Waals surface area contributed by atoms with Crippen molar-refractivity contribution in [2.45, 2.75) is 148 Å². The standard InChI is InChI=1S/C25H46N2O5/c1-22(2)17-19(25(7,8)26-22)32-21(29)13-11-9-10-12-20(28)31-18-14-15-23(3,4)27(30)24(5,6)16-18/h18-19,26,30H,9-17H2,1-8H3. The summed E-state index contributed by atoms with van der Waals surface area (Å²) in [6.45, 7) is 16.4. The molecule has 2 aliphatic rings. The quantitative estimate of drug-likeness (QED) is 0.404. The molecule has 2 unspecified atom stereocenters. The maximum atomic E-state index is 12.3. The minimum Gasteiger partial charge on any atom is -0.462 e. The van der Waals surface area contributed by atoms with Crippen LogP contribution in [0.3, 0.4) is 0 Å². The van der Waals surface area contributed by atoms with Crippen LogP contribution >= 0.6 is 0 Å². The van der Waals surface area contributed by atoms with Gasteiger partial charge in [0.05, 0.1) is 5.54 Å². The van der Waals surface area contributed by atoms with E-state index in [1.807, 2.05) is 27.7 Å². The third-order valence-corrected chi connectivity index (χ3v) is 6.95. The molecule has 0 spiro atoms. The molecule has 0 radical (unpaired) electrons. The summed E-state index contributed by atoms with van der Waals surface area (Å²) in [6, 6.07) is 0. The van der Waals surface area contributed by atoms with Crippen LogP contribution in [0.4, 0.5) is 0 Å². The molecule has 2 atom stereocenters. The highest BCUT2D eigenvalue weighted by atomic mass is 16.6. The van der Waals surface area contributed by atoms with E-state index in [4.69, 9.17) is 9.47 Å². The number of carbonyl (C=O) groups excluding carboxylic acids is 2. The summed E-state index contributed by atoms with van der Waals surface area (Å²) in [4.78, 5) is 24.6. The fourth-order valence-electron chi connectivity index (χ4n) is 5.37. The molecule has 7 nitrogen and oxygen atoms in total. The van der Waals surface area contributed by atoms with Gasteiger partial charge in [-0.2, -0.15) is 5.06 Å². The maximum absolute atomic E-state index is 12.3. The number of hydroxylamine groups is 2. The number of unbranched alkanes of at least 4 members (excludes halogenated alkanes) is 2.